The van der Waals surface area contributed by atoms with E-state index in [0.717, 1.165) is 10.9 Å². The van der Waals surface area contributed by atoms with E-state index in [1.165, 1.54) is 0 Å². The highest BCUT2D eigenvalue weighted by molar-refractivity contribution is 5.66. The van der Waals surface area contributed by atoms with Crippen LogP contribution in [0.2, 0.25) is 0 Å². The molecular formula is C12H15N3O6. The molecule has 1 fully saturated rings. The molecule has 0 amide bonds. The third-order valence-corrected chi connectivity index (χ3v) is 3.48. The first-order valence-corrected chi connectivity index (χ1v) is 6.55. The van der Waals surface area contributed by atoms with Crippen molar-refractivity contribution in [3.63, 3.8) is 0 Å². The molecule has 1 aliphatic heterocycles. The summed E-state index contributed by atoms with van der Waals surface area (Å²) >= 11 is 0. The van der Waals surface area contributed by atoms with Crippen LogP contribution in [0, 0.1) is 0 Å². The van der Waals surface area contributed by atoms with Crippen molar-refractivity contribution >= 4 is 11.2 Å². The van der Waals surface area contributed by atoms with Crippen molar-refractivity contribution in [2.75, 3.05) is 6.61 Å². The van der Waals surface area contributed by atoms with Crippen LogP contribution in [0.3, 0.4) is 0 Å². The molecule has 0 saturated carbocycles. The van der Waals surface area contributed by atoms with Crippen LogP contribution in [0.15, 0.2) is 15.5 Å². The van der Waals surface area contributed by atoms with Gasteiger partial charge in [-0.2, -0.15) is 0 Å². The Kier molecular flexibility index (Phi) is 3.49. The number of ether oxygens (including phenoxy) is 1. The van der Waals surface area contributed by atoms with Crippen molar-refractivity contribution in [1.82, 2.24) is 14.5 Å². The Labute approximate surface area is 118 Å². The van der Waals surface area contributed by atoms with Gasteiger partial charge in [-0.1, -0.05) is 6.92 Å². The molecule has 2 aromatic heterocycles. The summed E-state index contributed by atoms with van der Waals surface area (Å²) in [6, 6.07) is 0. The van der Waals surface area contributed by atoms with Crippen molar-refractivity contribution in [2.24, 2.45) is 0 Å². The van der Waals surface area contributed by atoms with E-state index in [9.17, 15) is 15.0 Å². The quantitative estimate of drug-likeness (QED) is 0.627. The van der Waals surface area contributed by atoms with Crippen LogP contribution in [-0.4, -0.2) is 54.8 Å². The van der Waals surface area contributed by atoms with Crippen LogP contribution >= 0.6 is 0 Å². The molecule has 3 N–H and O–H groups in total. The molecule has 0 aromatic carbocycles. The second-order valence-corrected chi connectivity index (χ2v) is 4.80. The van der Waals surface area contributed by atoms with Crippen LogP contribution in [0.1, 0.15) is 19.0 Å². The lowest BCUT2D eigenvalue weighted by molar-refractivity contribution is -0.0546. The van der Waals surface area contributed by atoms with Gasteiger partial charge in [-0.15, -0.1) is 0 Å². The zero-order valence-corrected chi connectivity index (χ0v) is 11.2. The van der Waals surface area contributed by atoms with Crippen LogP contribution in [0.5, 0.6) is 0 Å². The highest BCUT2D eigenvalue weighted by Gasteiger charge is 2.44. The van der Waals surface area contributed by atoms with Crippen molar-refractivity contribution < 1.29 is 24.5 Å². The minimum atomic E-state index is -1.35. The van der Waals surface area contributed by atoms with E-state index in [1.807, 2.05) is 6.92 Å². The molecule has 0 radical (unpaired) electrons. The molecule has 4 unspecified atom stereocenters. The average molecular weight is 297 g/mol. The van der Waals surface area contributed by atoms with Gasteiger partial charge in [0.15, 0.2) is 17.6 Å². The van der Waals surface area contributed by atoms with Gasteiger partial charge in [-0.05, 0) is 0 Å². The normalized spacial score (nSPS) is 29.3. The largest absolute Gasteiger partial charge is 0.422 e. The van der Waals surface area contributed by atoms with Gasteiger partial charge in [0.25, 0.3) is 11.3 Å². The van der Waals surface area contributed by atoms with Gasteiger partial charge in [0.1, 0.15) is 24.6 Å². The van der Waals surface area contributed by atoms with Gasteiger partial charge in [0, 0.05) is 6.42 Å². The summed E-state index contributed by atoms with van der Waals surface area (Å²) in [6.45, 7) is 1.36. The van der Waals surface area contributed by atoms with Crippen LogP contribution in [0.25, 0.3) is 11.2 Å². The average Bonchev–Trinajstić information content (AvgIpc) is 3.03. The lowest BCUT2D eigenvalue weighted by atomic mass is 10.1. The molecule has 1 saturated heterocycles. The number of rotatable bonds is 3. The van der Waals surface area contributed by atoms with E-state index in [1.54, 1.807) is 0 Å². The Morgan fingerprint density at radius 3 is 2.76 bits per heavy atom. The van der Waals surface area contributed by atoms with E-state index in [4.69, 9.17) is 14.3 Å². The number of aliphatic hydroxyl groups is 3. The summed E-state index contributed by atoms with van der Waals surface area (Å²) < 4.78 is 11.6. The van der Waals surface area contributed by atoms with E-state index in [2.05, 4.69) is 9.97 Å². The van der Waals surface area contributed by atoms with E-state index < -0.39 is 36.7 Å². The molecule has 0 aliphatic carbocycles. The molecule has 9 heteroatoms. The molecule has 3 rings (SSSR count). The summed E-state index contributed by atoms with van der Waals surface area (Å²) in [7, 11) is 0. The highest BCUT2D eigenvalue weighted by atomic mass is 16.6. The molecule has 0 bridgehead atoms. The predicted octanol–water partition coefficient (Wildman–Crippen LogP) is -1.44. The lowest BCUT2D eigenvalue weighted by Crippen LogP contribution is -2.35. The van der Waals surface area contributed by atoms with Crippen molar-refractivity contribution in [1.29, 1.82) is 0 Å². The van der Waals surface area contributed by atoms with Gasteiger partial charge in [-0.3, -0.25) is 9.36 Å². The molecule has 2 aromatic rings. The number of oxazole rings is 1. The first-order valence-electron chi connectivity index (χ1n) is 6.55. The monoisotopic (exact) mass is 297 g/mol. The number of hydrogen-bond acceptors (Lipinski definition) is 8. The maximum Gasteiger partial charge on any atom is 0.285 e. The van der Waals surface area contributed by atoms with Crippen LogP contribution in [-0.2, 0) is 11.2 Å². The van der Waals surface area contributed by atoms with Crippen LogP contribution in [0.4, 0.5) is 0 Å². The molecule has 4 atom stereocenters. The minimum absolute atomic E-state index is 0.0343. The smallest absolute Gasteiger partial charge is 0.285 e. The van der Waals surface area contributed by atoms with E-state index in [-0.39, 0.29) is 11.2 Å². The number of nitrogens with zero attached hydrogens (tertiary/aromatic N) is 3. The molecule has 9 nitrogen and oxygen atoms in total. The van der Waals surface area contributed by atoms with Gasteiger partial charge in [0.2, 0.25) is 0 Å². The third-order valence-electron chi connectivity index (χ3n) is 3.48. The molecule has 0 spiro atoms. The van der Waals surface area contributed by atoms with Crippen molar-refractivity contribution in [2.45, 2.75) is 37.9 Å². The Balaban J connectivity index is 2.05. The van der Waals surface area contributed by atoms with E-state index >= 15 is 0 Å². The number of fused-ring (bicyclic) bond motifs is 1. The highest BCUT2D eigenvalue weighted by Crippen LogP contribution is 2.28. The van der Waals surface area contributed by atoms with Crippen molar-refractivity contribution in [3.8, 4) is 0 Å². The molecule has 21 heavy (non-hydrogen) atoms. The minimum Gasteiger partial charge on any atom is -0.422 e. The fraction of sp³-hybridized carbons (Fsp3) is 0.583. The Bertz CT molecular complexity index is 711. The predicted molar refractivity (Wildman–Crippen MR) is 68.5 cm³/mol. The molecule has 114 valence electrons. The van der Waals surface area contributed by atoms with Crippen molar-refractivity contribution in [3.05, 3.63) is 22.6 Å². The Morgan fingerprint density at radius 2 is 2.14 bits per heavy atom. The molecular weight excluding hydrogens is 282 g/mol. The number of aryl methyl sites for hydroxylation is 1. The second kappa shape index (κ2) is 5.19. The molecule has 3 heterocycles. The number of aliphatic hydroxyl groups excluding tert-OH is 3. The number of hydrogen-bond donors (Lipinski definition) is 3. The zero-order valence-electron chi connectivity index (χ0n) is 11.2. The molecule has 1 aliphatic rings. The topological polar surface area (TPSA) is 131 Å². The second-order valence-electron chi connectivity index (χ2n) is 4.80. The Morgan fingerprint density at radius 1 is 1.38 bits per heavy atom. The summed E-state index contributed by atoms with van der Waals surface area (Å²) in [4.78, 5) is 20.4. The third kappa shape index (κ3) is 2.14. The first-order chi connectivity index (χ1) is 10.1. The maximum absolute atomic E-state index is 12.4. The summed E-state index contributed by atoms with van der Waals surface area (Å²) in [5.41, 5.74) is -0.398. The van der Waals surface area contributed by atoms with Gasteiger partial charge >= 0.3 is 0 Å². The standard InChI is InChI=1S/C12H15N3O6/c1-2-6-14-7-10(21-6)13-4-15(11(7)19)12-9(18)8(17)5(3-16)20-12/h4-5,8-9,12,16-18H,2-3H2,1H3. The van der Waals surface area contributed by atoms with Crippen LogP contribution < -0.4 is 5.56 Å². The fourth-order valence-corrected chi connectivity index (χ4v) is 2.31. The number of aromatic nitrogens is 3. The zero-order chi connectivity index (χ0) is 15.1. The Hall–Kier alpha value is -1.81. The van der Waals surface area contributed by atoms with Gasteiger partial charge in [0.05, 0.1) is 6.61 Å². The van der Waals surface area contributed by atoms with E-state index in [0.29, 0.717) is 12.3 Å². The SMILES string of the molecule is CCc1nc2c(=O)n(C3OC(CO)C(O)C3O)cnc2o1. The summed E-state index contributed by atoms with van der Waals surface area (Å²) in [5.74, 6) is 0.383. The lowest BCUT2D eigenvalue weighted by Gasteiger charge is -2.16. The maximum atomic E-state index is 12.4. The summed E-state index contributed by atoms with van der Waals surface area (Å²) in [6.07, 6.45) is -3.05. The fourth-order valence-electron chi connectivity index (χ4n) is 2.31. The first kappa shape index (κ1) is 14.1. The van der Waals surface area contributed by atoms with Gasteiger partial charge in [-0.25, -0.2) is 9.97 Å². The summed E-state index contributed by atoms with van der Waals surface area (Å²) in [5, 5.41) is 28.7. The van der Waals surface area contributed by atoms with Gasteiger partial charge < -0.3 is 24.5 Å².